The number of nitriles is 1. The van der Waals surface area contributed by atoms with E-state index < -0.39 is 0 Å². The molecule has 7 heteroatoms. The Morgan fingerprint density at radius 2 is 1.93 bits per heavy atom. The molecule has 0 bridgehead atoms. The Kier molecular flexibility index (Phi) is 6.12. The number of piperidine rings is 1. The van der Waals surface area contributed by atoms with Gasteiger partial charge in [-0.05, 0) is 30.6 Å². The van der Waals surface area contributed by atoms with E-state index in [9.17, 15) is 0 Å². The number of hydrogen-bond acceptors (Lipinski definition) is 6. The number of ether oxygens (including phenoxy) is 1. The number of halogens is 1. The highest BCUT2D eigenvalue weighted by Gasteiger charge is 2.33. The molecule has 142 valence electrons. The lowest BCUT2D eigenvalue weighted by molar-refractivity contribution is 0.131. The van der Waals surface area contributed by atoms with Crippen molar-refractivity contribution < 1.29 is 4.74 Å². The van der Waals surface area contributed by atoms with E-state index in [1.54, 1.807) is 24.7 Å². The molecule has 0 radical (unpaired) electrons. The van der Waals surface area contributed by atoms with Crippen molar-refractivity contribution in [1.82, 2.24) is 15.0 Å². The van der Waals surface area contributed by atoms with Crippen LogP contribution in [0.3, 0.4) is 0 Å². The summed E-state index contributed by atoms with van der Waals surface area (Å²) < 4.78 is 5.82. The summed E-state index contributed by atoms with van der Waals surface area (Å²) in [5.41, 5.74) is 0.691. The molecule has 1 aliphatic rings. The zero-order valence-corrected chi connectivity index (χ0v) is 16.5. The van der Waals surface area contributed by atoms with Crippen LogP contribution in [0.4, 0.5) is 5.95 Å². The highest BCUT2D eigenvalue weighted by atomic mass is 35.5. The number of hydrogen-bond donors (Lipinski definition) is 0. The van der Waals surface area contributed by atoms with Gasteiger partial charge < -0.3 is 9.64 Å². The van der Waals surface area contributed by atoms with Gasteiger partial charge in [0.25, 0.3) is 0 Å². The van der Waals surface area contributed by atoms with Crippen LogP contribution >= 0.6 is 11.6 Å². The molecule has 1 fully saturated rings. The molecule has 0 N–H and O–H groups in total. The molecule has 0 aliphatic carbocycles. The summed E-state index contributed by atoms with van der Waals surface area (Å²) in [4.78, 5) is 14.9. The molecule has 0 unspecified atom stereocenters. The van der Waals surface area contributed by atoms with Gasteiger partial charge in [-0.3, -0.25) is 4.98 Å². The Morgan fingerprint density at radius 1 is 1.22 bits per heavy atom. The van der Waals surface area contributed by atoms with Crippen molar-refractivity contribution in [2.24, 2.45) is 11.3 Å². The van der Waals surface area contributed by atoms with Gasteiger partial charge in [-0.1, -0.05) is 25.4 Å². The number of rotatable bonds is 6. The topological polar surface area (TPSA) is 74.9 Å². The first kappa shape index (κ1) is 19.4. The highest BCUT2D eigenvalue weighted by Crippen LogP contribution is 2.38. The van der Waals surface area contributed by atoms with Crippen molar-refractivity contribution in [2.45, 2.75) is 33.1 Å². The second-order valence-corrected chi connectivity index (χ2v) is 8.01. The lowest BCUT2D eigenvalue weighted by atomic mass is 9.72. The molecular formula is C20H24ClN5O. The first-order valence-electron chi connectivity index (χ1n) is 9.18. The van der Waals surface area contributed by atoms with Crippen LogP contribution in [0.2, 0.25) is 5.02 Å². The van der Waals surface area contributed by atoms with Crippen LogP contribution in [-0.4, -0.2) is 34.6 Å². The smallest absolute Gasteiger partial charge is 0.225 e. The first-order chi connectivity index (χ1) is 13.0. The fraction of sp³-hybridized carbons (Fsp3) is 0.500. The summed E-state index contributed by atoms with van der Waals surface area (Å²) >= 11 is 5.87. The molecule has 3 rings (SSSR count). The number of anilines is 1. The van der Waals surface area contributed by atoms with Gasteiger partial charge in [-0.15, -0.1) is 0 Å². The average molecular weight is 386 g/mol. The lowest BCUT2D eigenvalue weighted by Gasteiger charge is -2.40. The molecule has 1 saturated heterocycles. The summed E-state index contributed by atoms with van der Waals surface area (Å²) in [7, 11) is 0. The van der Waals surface area contributed by atoms with Gasteiger partial charge in [0.1, 0.15) is 11.8 Å². The Labute approximate surface area is 165 Å². The monoisotopic (exact) mass is 385 g/mol. The Morgan fingerprint density at radius 3 is 2.59 bits per heavy atom. The second kappa shape index (κ2) is 8.53. The molecule has 0 saturated carbocycles. The van der Waals surface area contributed by atoms with Crippen LogP contribution in [0.25, 0.3) is 0 Å². The van der Waals surface area contributed by atoms with Crippen molar-refractivity contribution in [3.63, 3.8) is 0 Å². The van der Waals surface area contributed by atoms with E-state index in [-0.39, 0.29) is 5.41 Å². The zero-order chi connectivity index (χ0) is 19.3. The quantitative estimate of drug-likeness (QED) is 0.744. The average Bonchev–Trinajstić information content (AvgIpc) is 2.69. The SMILES string of the molecule is CC(C)(CCOc1cncc(C#N)c1)C1CCN(c2ncc(Cl)cn2)CC1. The molecular weight excluding hydrogens is 362 g/mol. The third kappa shape index (κ3) is 5.08. The van der Waals surface area contributed by atoms with Gasteiger partial charge in [-0.2, -0.15) is 5.26 Å². The maximum absolute atomic E-state index is 8.94. The molecule has 0 aromatic carbocycles. The van der Waals surface area contributed by atoms with E-state index in [1.165, 1.54) is 6.20 Å². The van der Waals surface area contributed by atoms with Crippen molar-refractivity contribution in [3.8, 4) is 11.8 Å². The van der Waals surface area contributed by atoms with Crippen LogP contribution in [0.5, 0.6) is 5.75 Å². The van der Waals surface area contributed by atoms with E-state index >= 15 is 0 Å². The van der Waals surface area contributed by atoms with Gasteiger partial charge in [0.05, 0.1) is 35.8 Å². The first-order valence-corrected chi connectivity index (χ1v) is 9.56. The molecule has 2 aromatic heterocycles. The van der Waals surface area contributed by atoms with Crippen molar-refractivity contribution in [3.05, 3.63) is 41.4 Å². The standard InChI is InChI=1S/C20H24ClN5O/c1-20(2,5-8-27-18-9-15(10-22)11-23-14-18)16-3-6-26(7-4-16)19-24-12-17(21)13-25-19/h9,11-14,16H,3-8H2,1-2H3. The summed E-state index contributed by atoms with van der Waals surface area (Å²) in [5, 5.41) is 9.50. The van der Waals surface area contributed by atoms with E-state index in [1.807, 2.05) is 0 Å². The lowest BCUT2D eigenvalue weighted by Crippen LogP contribution is -2.40. The van der Waals surface area contributed by atoms with E-state index in [0.717, 1.165) is 38.3 Å². The second-order valence-electron chi connectivity index (χ2n) is 7.57. The fourth-order valence-electron chi connectivity index (χ4n) is 3.52. The van der Waals surface area contributed by atoms with Gasteiger partial charge in [-0.25, -0.2) is 9.97 Å². The highest BCUT2D eigenvalue weighted by molar-refractivity contribution is 6.30. The Hall–Kier alpha value is -2.39. The summed E-state index contributed by atoms with van der Waals surface area (Å²) in [6.45, 7) is 7.12. The zero-order valence-electron chi connectivity index (χ0n) is 15.7. The largest absolute Gasteiger partial charge is 0.492 e. The molecule has 0 amide bonds. The number of nitrogens with zero attached hydrogens (tertiary/aromatic N) is 5. The minimum atomic E-state index is 0.174. The van der Waals surface area contributed by atoms with Crippen LogP contribution in [0.1, 0.15) is 38.7 Å². The molecule has 1 aliphatic heterocycles. The maximum atomic E-state index is 8.94. The molecule has 0 spiro atoms. The number of pyridine rings is 1. The van der Waals surface area contributed by atoms with Crippen LogP contribution in [0, 0.1) is 22.7 Å². The predicted molar refractivity (Wildman–Crippen MR) is 105 cm³/mol. The van der Waals surface area contributed by atoms with Crippen LogP contribution < -0.4 is 9.64 Å². The van der Waals surface area contributed by atoms with E-state index in [4.69, 9.17) is 21.6 Å². The van der Waals surface area contributed by atoms with Crippen molar-refractivity contribution in [1.29, 1.82) is 5.26 Å². The predicted octanol–water partition coefficient (Wildman–Crippen LogP) is 4.11. The minimum absolute atomic E-state index is 0.174. The normalized spacial score (nSPS) is 15.4. The molecule has 0 atom stereocenters. The van der Waals surface area contributed by atoms with Gasteiger partial charge in [0.2, 0.25) is 5.95 Å². The van der Waals surface area contributed by atoms with E-state index in [0.29, 0.717) is 28.9 Å². The Bertz CT molecular complexity index is 795. The van der Waals surface area contributed by atoms with Gasteiger partial charge in [0, 0.05) is 25.4 Å². The summed E-state index contributed by atoms with van der Waals surface area (Å²) in [6, 6.07) is 3.81. The Balaban J connectivity index is 1.49. The summed E-state index contributed by atoms with van der Waals surface area (Å²) in [6.07, 6.45) is 9.63. The van der Waals surface area contributed by atoms with Gasteiger partial charge in [0.15, 0.2) is 0 Å². The van der Waals surface area contributed by atoms with Crippen LogP contribution in [-0.2, 0) is 0 Å². The molecule has 2 aromatic rings. The molecule has 3 heterocycles. The fourth-order valence-corrected chi connectivity index (χ4v) is 3.62. The van der Waals surface area contributed by atoms with Crippen LogP contribution in [0.15, 0.2) is 30.9 Å². The van der Waals surface area contributed by atoms with Crippen molar-refractivity contribution >= 4 is 17.5 Å². The molecule has 27 heavy (non-hydrogen) atoms. The van der Waals surface area contributed by atoms with Gasteiger partial charge >= 0.3 is 0 Å². The third-order valence-electron chi connectivity index (χ3n) is 5.35. The third-order valence-corrected chi connectivity index (χ3v) is 5.54. The van der Waals surface area contributed by atoms with Crippen molar-refractivity contribution in [2.75, 3.05) is 24.6 Å². The minimum Gasteiger partial charge on any atom is -0.492 e. The maximum Gasteiger partial charge on any atom is 0.225 e. The molecule has 6 nitrogen and oxygen atoms in total. The number of aromatic nitrogens is 3. The summed E-state index contributed by atoms with van der Waals surface area (Å²) in [5.74, 6) is 2.02. The van der Waals surface area contributed by atoms with E-state index in [2.05, 4.69) is 39.8 Å².